The average molecular weight is 315 g/mol. The molecule has 0 radical (unpaired) electrons. The number of carbonyl (C=O) groups excluding carboxylic acids is 1. The smallest absolute Gasteiger partial charge is 0.330 e. The monoisotopic (exact) mass is 314 g/mol. The summed E-state index contributed by atoms with van der Waals surface area (Å²) in [6.45, 7) is 13.3. The molecule has 0 N–H and O–H groups in total. The predicted molar refractivity (Wildman–Crippen MR) is 91.8 cm³/mol. The highest BCUT2D eigenvalue weighted by molar-refractivity contribution is 6.73. The Hall–Kier alpha value is -0.613. The van der Waals surface area contributed by atoms with Crippen molar-refractivity contribution in [2.24, 2.45) is 11.8 Å². The largest absolute Gasteiger partial charge is 0.466 e. The average Bonchev–Trinajstić information content (AvgIpc) is 2.53. The third-order valence-corrected chi connectivity index (χ3v) is 9.42. The summed E-state index contributed by atoms with van der Waals surface area (Å²) in [7, 11) is -0.231. The normalized spacial score (nSPS) is 16.7. The van der Waals surface area contributed by atoms with Crippen molar-refractivity contribution in [3.8, 4) is 0 Å². The van der Waals surface area contributed by atoms with Crippen LogP contribution in [0.15, 0.2) is 12.2 Å². The molecule has 0 fully saturated rings. The van der Waals surface area contributed by atoms with Crippen molar-refractivity contribution in [3.63, 3.8) is 0 Å². The topological polar surface area (TPSA) is 35.5 Å². The van der Waals surface area contributed by atoms with E-state index in [1.807, 2.05) is 6.08 Å². The van der Waals surface area contributed by atoms with E-state index in [1.165, 1.54) is 13.2 Å². The molecule has 0 spiro atoms. The quantitative estimate of drug-likeness (QED) is 0.330. The highest BCUT2D eigenvalue weighted by atomic mass is 28.4. The zero-order valence-corrected chi connectivity index (χ0v) is 15.9. The first-order valence-electron chi connectivity index (χ1n) is 8.33. The van der Waals surface area contributed by atoms with E-state index in [0.717, 1.165) is 24.6 Å². The minimum absolute atomic E-state index is 0.183. The van der Waals surface area contributed by atoms with E-state index in [2.05, 4.69) is 46.3 Å². The van der Waals surface area contributed by atoms with Crippen molar-refractivity contribution in [1.82, 2.24) is 0 Å². The van der Waals surface area contributed by atoms with Crippen LogP contribution < -0.4 is 0 Å². The van der Waals surface area contributed by atoms with Crippen molar-refractivity contribution in [1.29, 1.82) is 0 Å². The summed E-state index contributed by atoms with van der Waals surface area (Å²) >= 11 is 0. The standard InChI is InChI=1S/C17H34O3Si/c1-8-14(5)17(15(6)12-13-16(18)19-7)20-21(9-2,10-3)11-4/h12-15,17H,8-11H2,1-7H3/b13-12+/t14-,15-,17+/m0/s1. The van der Waals surface area contributed by atoms with Gasteiger partial charge in [0.15, 0.2) is 8.32 Å². The molecule has 21 heavy (non-hydrogen) atoms. The van der Waals surface area contributed by atoms with Gasteiger partial charge < -0.3 is 9.16 Å². The summed E-state index contributed by atoms with van der Waals surface area (Å²) in [6.07, 6.45) is 4.73. The molecule has 3 atom stereocenters. The number of carbonyl (C=O) groups is 1. The highest BCUT2D eigenvalue weighted by Gasteiger charge is 2.35. The molecule has 0 unspecified atom stereocenters. The molecule has 0 saturated heterocycles. The highest BCUT2D eigenvalue weighted by Crippen LogP contribution is 2.30. The maximum atomic E-state index is 11.3. The number of esters is 1. The van der Waals surface area contributed by atoms with Crippen LogP contribution in [0.4, 0.5) is 0 Å². The fraction of sp³-hybridized carbons (Fsp3) is 0.824. The van der Waals surface area contributed by atoms with Gasteiger partial charge in [0, 0.05) is 6.08 Å². The molecule has 0 saturated carbocycles. The van der Waals surface area contributed by atoms with Crippen molar-refractivity contribution in [3.05, 3.63) is 12.2 Å². The molecule has 0 amide bonds. The van der Waals surface area contributed by atoms with Crippen LogP contribution in [-0.2, 0) is 14.0 Å². The Morgan fingerprint density at radius 3 is 2.00 bits per heavy atom. The molecule has 0 bridgehead atoms. The molecule has 0 heterocycles. The molecule has 0 rings (SSSR count). The Bertz CT molecular complexity index is 316. The van der Waals surface area contributed by atoms with E-state index in [0.29, 0.717) is 5.92 Å². The molecule has 124 valence electrons. The van der Waals surface area contributed by atoms with Gasteiger partial charge in [-0.3, -0.25) is 0 Å². The number of methoxy groups -OCH3 is 1. The molecular formula is C17H34O3Si. The van der Waals surface area contributed by atoms with E-state index < -0.39 is 8.32 Å². The van der Waals surface area contributed by atoms with Gasteiger partial charge in [-0.1, -0.05) is 54.0 Å². The van der Waals surface area contributed by atoms with Crippen LogP contribution >= 0.6 is 0 Å². The molecule has 0 aliphatic rings. The fourth-order valence-electron chi connectivity index (χ4n) is 2.67. The van der Waals surface area contributed by atoms with E-state index in [4.69, 9.17) is 4.43 Å². The van der Waals surface area contributed by atoms with Gasteiger partial charge in [0.1, 0.15) is 0 Å². The van der Waals surface area contributed by atoms with Crippen molar-refractivity contribution >= 4 is 14.3 Å². The SMILES string of the molecule is CC[C@H](C)[C@@H](O[Si](CC)(CC)CC)[C@@H](C)/C=C/C(=O)OC. The molecule has 3 nitrogen and oxygen atoms in total. The summed E-state index contributed by atoms with van der Waals surface area (Å²) in [5, 5.41) is 0. The van der Waals surface area contributed by atoms with Crippen LogP contribution in [-0.4, -0.2) is 27.5 Å². The summed E-state index contributed by atoms with van der Waals surface area (Å²) in [4.78, 5) is 11.3. The number of hydrogen-bond acceptors (Lipinski definition) is 3. The molecule has 0 aromatic carbocycles. The van der Waals surface area contributed by atoms with Crippen LogP contribution in [0.2, 0.25) is 18.1 Å². The Labute approximate surface area is 132 Å². The van der Waals surface area contributed by atoms with Gasteiger partial charge in [0.25, 0.3) is 0 Å². The Morgan fingerprint density at radius 1 is 1.10 bits per heavy atom. The van der Waals surface area contributed by atoms with Crippen LogP contribution in [0.25, 0.3) is 0 Å². The Balaban J connectivity index is 5.11. The lowest BCUT2D eigenvalue weighted by Gasteiger charge is -2.38. The molecule has 0 aliphatic heterocycles. The first-order valence-corrected chi connectivity index (χ1v) is 10.9. The van der Waals surface area contributed by atoms with E-state index in [-0.39, 0.29) is 18.0 Å². The molecule has 0 aliphatic carbocycles. The van der Waals surface area contributed by atoms with E-state index in [1.54, 1.807) is 0 Å². The summed E-state index contributed by atoms with van der Waals surface area (Å²) in [5.41, 5.74) is 0. The zero-order valence-electron chi connectivity index (χ0n) is 14.9. The number of ether oxygens (including phenoxy) is 1. The van der Waals surface area contributed by atoms with Gasteiger partial charge in [-0.05, 0) is 30.0 Å². The molecule has 4 heteroatoms. The van der Waals surface area contributed by atoms with Gasteiger partial charge in [0.05, 0.1) is 13.2 Å². The molecule has 0 aromatic heterocycles. The second kappa shape index (κ2) is 10.2. The minimum Gasteiger partial charge on any atom is -0.466 e. The van der Waals surface area contributed by atoms with E-state index in [9.17, 15) is 4.79 Å². The lowest BCUT2D eigenvalue weighted by molar-refractivity contribution is -0.134. The second-order valence-electron chi connectivity index (χ2n) is 5.95. The Kier molecular flexibility index (Phi) is 9.87. The van der Waals surface area contributed by atoms with Gasteiger partial charge >= 0.3 is 5.97 Å². The fourth-order valence-corrected chi connectivity index (χ4v) is 5.69. The predicted octanol–water partition coefficient (Wildman–Crippen LogP) is 4.79. The second-order valence-corrected chi connectivity index (χ2v) is 10.7. The van der Waals surface area contributed by atoms with Gasteiger partial charge in [-0.15, -0.1) is 0 Å². The van der Waals surface area contributed by atoms with E-state index >= 15 is 0 Å². The number of hydrogen-bond donors (Lipinski definition) is 0. The maximum Gasteiger partial charge on any atom is 0.330 e. The maximum absolute atomic E-state index is 11.3. The van der Waals surface area contributed by atoms with Gasteiger partial charge in [0.2, 0.25) is 0 Å². The van der Waals surface area contributed by atoms with Crippen molar-refractivity contribution in [2.45, 2.75) is 72.2 Å². The lowest BCUT2D eigenvalue weighted by Crippen LogP contribution is -2.44. The zero-order chi connectivity index (χ0) is 16.5. The van der Waals surface area contributed by atoms with Gasteiger partial charge in [-0.2, -0.15) is 0 Å². The van der Waals surface area contributed by atoms with Crippen LogP contribution in [0, 0.1) is 11.8 Å². The summed E-state index contributed by atoms with van der Waals surface area (Å²) in [6, 6.07) is 3.46. The molecular weight excluding hydrogens is 280 g/mol. The summed E-state index contributed by atoms with van der Waals surface area (Å²) in [5.74, 6) is 0.407. The minimum atomic E-state index is -1.64. The van der Waals surface area contributed by atoms with Crippen molar-refractivity contribution < 1.29 is 14.0 Å². The Morgan fingerprint density at radius 2 is 1.62 bits per heavy atom. The van der Waals surface area contributed by atoms with Crippen LogP contribution in [0.1, 0.15) is 48.0 Å². The third-order valence-electron chi connectivity index (χ3n) is 4.78. The van der Waals surface area contributed by atoms with Gasteiger partial charge in [-0.25, -0.2) is 4.79 Å². The first-order chi connectivity index (χ1) is 9.89. The first kappa shape index (κ1) is 20.4. The van der Waals surface area contributed by atoms with Crippen LogP contribution in [0.5, 0.6) is 0 Å². The van der Waals surface area contributed by atoms with Crippen LogP contribution in [0.3, 0.4) is 0 Å². The summed E-state index contributed by atoms with van der Waals surface area (Å²) < 4.78 is 11.4. The molecule has 0 aromatic rings. The third kappa shape index (κ3) is 6.35. The van der Waals surface area contributed by atoms with Crippen molar-refractivity contribution in [2.75, 3.05) is 7.11 Å². The number of rotatable bonds is 10. The lowest BCUT2D eigenvalue weighted by atomic mass is 9.91.